The predicted octanol–water partition coefficient (Wildman–Crippen LogP) is 2.42. The molecule has 0 spiro atoms. The van der Waals surface area contributed by atoms with Crippen LogP contribution in [0.3, 0.4) is 0 Å². The van der Waals surface area contributed by atoms with Gasteiger partial charge >= 0.3 is 11.6 Å². The number of amides is 1. The Kier molecular flexibility index (Phi) is 4.11. The van der Waals surface area contributed by atoms with Crippen LogP contribution in [-0.4, -0.2) is 17.0 Å². The maximum absolute atomic E-state index is 12.2. The van der Waals surface area contributed by atoms with Gasteiger partial charge in [0.05, 0.1) is 5.56 Å². The van der Waals surface area contributed by atoms with E-state index in [0.29, 0.717) is 11.0 Å². The first-order chi connectivity index (χ1) is 11.5. The van der Waals surface area contributed by atoms with Crippen LogP contribution in [0.1, 0.15) is 26.3 Å². The van der Waals surface area contributed by atoms with Crippen molar-refractivity contribution in [3.8, 4) is 0 Å². The van der Waals surface area contributed by atoms with Gasteiger partial charge in [-0.15, -0.1) is 0 Å². The predicted molar refractivity (Wildman–Crippen MR) is 87.1 cm³/mol. The molecule has 1 aromatic heterocycles. The van der Waals surface area contributed by atoms with Crippen molar-refractivity contribution in [1.82, 2.24) is 5.32 Å². The van der Waals surface area contributed by atoms with E-state index < -0.39 is 17.5 Å². The molecule has 1 amide bonds. The van der Waals surface area contributed by atoms with Crippen molar-refractivity contribution in [3.63, 3.8) is 0 Å². The van der Waals surface area contributed by atoms with Gasteiger partial charge in [0.1, 0.15) is 11.1 Å². The van der Waals surface area contributed by atoms with Gasteiger partial charge in [0.15, 0.2) is 0 Å². The zero-order chi connectivity index (χ0) is 17.1. The molecule has 3 aromatic rings. The summed E-state index contributed by atoms with van der Waals surface area (Å²) >= 11 is 0. The largest absolute Gasteiger partial charge is 0.478 e. The van der Waals surface area contributed by atoms with Crippen LogP contribution >= 0.6 is 0 Å². The van der Waals surface area contributed by atoms with E-state index in [0.717, 1.165) is 5.56 Å². The maximum atomic E-state index is 12.2. The number of fused-ring (bicyclic) bond motifs is 1. The molecule has 120 valence electrons. The summed E-state index contributed by atoms with van der Waals surface area (Å²) in [5, 5.41) is 12.1. The number of hydrogen-bond donors (Lipinski definition) is 2. The number of hydrogen-bond acceptors (Lipinski definition) is 4. The topological polar surface area (TPSA) is 96.6 Å². The van der Waals surface area contributed by atoms with Gasteiger partial charge in [-0.25, -0.2) is 9.59 Å². The Morgan fingerprint density at radius 1 is 1.04 bits per heavy atom. The molecule has 0 saturated heterocycles. The van der Waals surface area contributed by atoms with Crippen LogP contribution in [0, 0.1) is 0 Å². The third-order valence-corrected chi connectivity index (χ3v) is 3.54. The number of aromatic carboxylic acids is 1. The van der Waals surface area contributed by atoms with Crippen LogP contribution in [-0.2, 0) is 6.54 Å². The van der Waals surface area contributed by atoms with E-state index in [1.54, 1.807) is 36.4 Å². The molecule has 0 fully saturated rings. The molecule has 1 heterocycles. The number of carbonyl (C=O) groups is 2. The minimum Gasteiger partial charge on any atom is -0.478 e. The second-order valence-corrected chi connectivity index (χ2v) is 5.17. The fourth-order valence-electron chi connectivity index (χ4n) is 2.26. The summed E-state index contributed by atoms with van der Waals surface area (Å²) < 4.78 is 5.13. The smallest absolute Gasteiger partial charge is 0.349 e. The maximum Gasteiger partial charge on any atom is 0.349 e. The van der Waals surface area contributed by atoms with Crippen LogP contribution < -0.4 is 10.9 Å². The van der Waals surface area contributed by atoms with E-state index in [1.165, 1.54) is 18.2 Å². The van der Waals surface area contributed by atoms with Crippen LogP contribution in [0.4, 0.5) is 0 Å². The zero-order valence-electron chi connectivity index (χ0n) is 12.5. The quantitative estimate of drug-likeness (QED) is 0.719. The molecule has 6 nitrogen and oxygen atoms in total. The highest BCUT2D eigenvalue weighted by molar-refractivity contribution is 5.96. The second-order valence-electron chi connectivity index (χ2n) is 5.17. The van der Waals surface area contributed by atoms with Crippen LogP contribution in [0.2, 0.25) is 0 Å². The van der Waals surface area contributed by atoms with Crippen LogP contribution in [0.15, 0.2) is 63.8 Å². The van der Waals surface area contributed by atoms with Gasteiger partial charge in [0.2, 0.25) is 0 Å². The number of para-hydroxylation sites is 1. The molecule has 24 heavy (non-hydrogen) atoms. The van der Waals surface area contributed by atoms with Crippen molar-refractivity contribution in [2.24, 2.45) is 0 Å². The third kappa shape index (κ3) is 3.17. The fraction of sp³-hybridized carbons (Fsp3) is 0.0556. The van der Waals surface area contributed by atoms with E-state index in [9.17, 15) is 14.4 Å². The van der Waals surface area contributed by atoms with Crippen molar-refractivity contribution in [3.05, 3.63) is 81.7 Å². The lowest BCUT2D eigenvalue weighted by atomic mass is 10.1. The fourth-order valence-corrected chi connectivity index (χ4v) is 2.26. The minimum absolute atomic E-state index is 0.0733. The van der Waals surface area contributed by atoms with Gasteiger partial charge in [-0.3, -0.25) is 4.79 Å². The Morgan fingerprint density at radius 2 is 1.75 bits per heavy atom. The summed E-state index contributed by atoms with van der Waals surface area (Å²) in [7, 11) is 0. The van der Waals surface area contributed by atoms with Gasteiger partial charge in [0.25, 0.3) is 5.91 Å². The molecule has 0 bridgehead atoms. The molecule has 0 aliphatic rings. The molecule has 2 N–H and O–H groups in total. The average Bonchev–Trinajstić information content (AvgIpc) is 2.59. The number of benzene rings is 2. The molecule has 6 heteroatoms. The molecular weight excluding hydrogens is 310 g/mol. The Hall–Kier alpha value is -3.41. The normalized spacial score (nSPS) is 10.5. The first-order valence-corrected chi connectivity index (χ1v) is 7.18. The first kappa shape index (κ1) is 15.5. The summed E-state index contributed by atoms with van der Waals surface area (Å²) in [4.78, 5) is 34.9. The number of carboxylic acids is 1. The van der Waals surface area contributed by atoms with Gasteiger partial charge < -0.3 is 14.8 Å². The van der Waals surface area contributed by atoms with E-state index in [2.05, 4.69) is 5.32 Å². The molecule has 0 saturated carbocycles. The van der Waals surface area contributed by atoms with E-state index in [4.69, 9.17) is 9.52 Å². The van der Waals surface area contributed by atoms with E-state index in [1.807, 2.05) is 0 Å². The van der Waals surface area contributed by atoms with Gasteiger partial charge in [0, 0.05) is 11.9 Å². The number of carboxylic acid groups (broad SMARTS) is 1. The Labute approximate surface area is 136 Å². The zero-order valence-corrected chi connectivity index (χ0v) is 12.5. The summed E-state index contributed by atoms with van der Waals surface area (Å²) in [6.07, 6.45) is 0. The highest BCUT2D eigenvalue weighted by atomic mass is 16.4. The Morgan fingerprint density at radius 3 is 2.46 bits per heavy atom. The number of rotatable bonds is 4. The summed E-state index contributed by atoms with van der Waals surface area (Å²) in [6, 6.07) is 14.5. The molecular formula is C18H13NO5. The monoisotopic (exact) mass is 323 g/mol. The number of nitrogens with one attached hydrogen (secondary N) is 1. The minimum atomic E-state index is -1.01. The van der Waals surface area contributed by atoms with Crippen molar-refractivity contribution in [2.45, 2.75) is 6.54 Å². The molecule has 2 aromatic carbocycles. The molecule has 3 rings (SSSR count). The van der Waals surface area contributed by atoms with Gasteiger partial charge in [-0.2, -0.15) is 0 Å². The second kappa shape index (κ2) is 6.37. The third-order valence-electron chi connectivity index (χ3n) is 3.54. The van der Waals surface area contributed by atoms with Gasteiger partial charge in [-0.05, 0) is 29.8 Å². The van der Waals surface area contributed by atoms with Crippen molar-refractivity contribution in [2.75, 3.05) is 0 Å². The van der Waals surface area contributed by atoms with Crippen LogP contribution in [0.25, 0.3) is 11.0 Å². The summed E-state index contributed by atoms with van der Waals surface area (Å²) in [6.45, 7) is 0.172. The lowest BCUT2D eigenvalue weighted by Gasteiger charge is -2.06. The first-order valence-electron chi connectivity index (χ1n) is 7.18. The SMILES string of the molecule is O=C(O)c1ccc(CNC(=O)c2cc3ccccc3oc2=O)cc1. The summed E-state index contributed by atoms with van der Waals surface area (Å²) in [5.41, 5.74) is 0.533. The summed E-state index contributed by atoms with van der Waals surface area (Å²) in [5.74, 6) is -1.56. The molecule has 0 radical (unpaired) electrons. The standard InChI is InChI=1S/C18H13NO5/c20-16(19-10-11-5-7-12(8-6-11)17(21)22)14-9-13-3-1-2-4-15(13)24-18(14)23/h1-9H,10H2,(H,19,20)(H,21,22). The average molecular weight is 323 g/mol. The van der Waals surface area contributed by atoms with Crippen LogP contribution in [0.5, 0.6) is 0 Å². The van der Waals surface area contributed by atoms with Gasteiger partial charge in [-0.1, -0.05) is 30.3 Å². The lowest BCUT2D eigenvalue weighted by molar-refractivity contribution is 0.0696. The Bertz CT molecular complexity index is 973. The highest BCUT2D eigenvalue weighted by Crippen LogP contribution is 2.12. The number of carbonyl (C=O) groups excluding carboxylic acids is 1. The molecule has 0 aliphatic carbocycles. The molecule has 0 atom stereocenters. The van der Waals surface area contributed by atoms with E-state index >= 15 is 0 Å². The highest BCUT2D eigenvalue weighted by Gasteiger charge is 2.13. The van der Waals surface area contributed by atoms with E-state index in [-0.39, 0.29) is 17.7 Å². The van der Waals surface area contributed by atoms with Crippen molar-refractivity contribution in [1.29, 1.82) is 0 Å². The Balaban J connectivity index is 1.76. The van der Waals surface area contributed by atoms with Crippen molar-refractivity contribution < 1.29 is 19.1 Å². The van der Waals surface area contributed by atoms with Crippen molar-refractivity contribution >= 4 is 22.8 Å². The lowest BCUT2D eigenvalue weighted by Crippen LogP contribution is -2.27. The molecule has 0 aliphatic heterocycles. The molecule has 0 unspecified atom stereocenters.